The van der Waals surface area contributed by atoms with Crippen molar-refractivity contribution in [3.63, 3.8) is 0 Å². The minimum Gasteiger partial charge on any atom is -0.392 e. The van der Waals surface area contributed by atoms with Gasteiger partial charge in [0.2, 0.25) is 21.8 Å². The maximum Gasteiger partial charge on any atom is 0.242 e. The fraction of sp³-hybridized carbons (Fsp3) is 0.238. The van der Waals surface area contributed by atoms with Gasteiger partial charge in [0.15, 0.2) is 6.29 Å². The highest BCUT2D eigenvalue weighted by Crippen LogP contribution is 2.40. The molecule has 0 unspecified atom stereocenters. The summed E-state index contributed by atoms with van der Waals surface area (Å²) in [5.41, 5.74) is 5.48. The summed E-state index contributed by atoms with van der Waals surface area (Å²) in [6, 6.07) is 37.1. The molecular weight excluding hydrogens is 723 g/mol. The van der Waals surface area contributed by atoms with Gasteiger partial charge in [-0.25, -0.2) is 8.42 Å². The van der Waals surface area contributed by atoms with Crippen LogP contribution in [0.4, 0.5) is 11.4 Å². The van der Waals surface area contributed by atoms with Crippen LogP contribution in [-0.2, 0) is 42.1 Å². The van der Waals surface area contributed by atoms with E-state index >= 15 is 0 Å². The van der Waals surface area contributed by atoms with Crippen molar-refractivity contribution in [3.8, 4) is 0 Å². The van der Waals surface area contributed by atoms with Gasteiger partial charge in [0.05, 0.1) is 23.7 Å². The van der Waals surface area contributed by atoms with Gasteiger partial charge in [0, 0.05) is 40.9 Å². The van der Waals surface area contributed by atoms with E-state index < -0.39 is 28.3 Å². The predicted molar refractivity (Wildman–Crippen MR) is 210 cm³/mol. The smallest absolute Gasteiger partial charge is 0.242 e. The van der Waals surface area contributed by atoms with Gasteiger partial charge < -0.3 is 25.2 Å². The van der Waals surface area contributed by atoms with Crippen LogP contribution in [0, 0.1) is 6.92 Å². The molecule has 4 N–H and O–H groups in total. The second-order valence-electron chi connectivity index (χ2n) is 13.2. The molecule has 5 aromatic rings. The third-order valence-corrected chi connectivity index (χ3v) is 11.5. The Labute approximate surface area is 320 Å². The third-order valence-electron chi connectivity index (χ3n) is 8.90. The van der Waals surface area contributed by atoms with Crippen LogP contribution >= 0.6 is 11.8 Å². The Balaban J connectivity index is 1.16. The Morgan fingerprint density at radius 2 is 1.41 bits per heavy atom. The number of nitrogens with one attached hydrogen (secondary N) is 3. The van der Waals surface area contributed by atoms with Crippen LogP contribution < -0.4 is 15.4 Å². The van der Waals surface area contributed by atoms with Crippen LogP contribution in [0.25, 0.3) is 0 Å². The lowest BCUT2D eigenvalue weighted by Crippen LogP contribution is -2.45. The molecule has 2 amide bonds. The van der Waals surface area contributed by atoms with Crippen LogP contribution in [0.2, 0.25) is 0 Å². The topological polar surface area (TPSA) is 143 Å². The molecule has 1 saturated heterocycles. The first-order valence-electron chi connectivity index (χ1n) is 17.6. The van der Waals surface area contributed by atoms with Crippen LogP contribution in [0.3, 0.4) is 0 Å². The van der Waals surface area contributed by atoms with Gasteiger partial charge in [-0.05, 0) is 78.6 Å². The summed E-state index contributed by atoms with van der Waals surface area (Å²) in [5, 5.41) is 15.2. The van der Waals surface area contributed by atoms with Crippen molar-refractivity contribution in [1.29, 1.82) is 0 Å². The number of carbonyl (C=O) groups excluding carboxylic acids is 2. The number of anilines is 2. The maximum atomic E-state index is 13.7. The Kier molecular flexibility index (Phi) is 13.0. The third kappa shape index (κ3) is 10.7. The Morgan fingerprint density at radius 1 is 0.778 bits per heavy atom. The van der Waals surface area contributed by atoms with Crippen molar-refractivity contribution in [1.82, 2.24) is 4.72 Å². The first kappa shape index (κ1) is 38.9. The number of hydrogen-bond acceptors (Lipinski definition) is 8. The van der Waals surface area contributed by atoms with E-state index in [0.29, 0.717) is 17.9 Å². The SMILES string of the molecule is CC(=O)Nc1ccc(SC[C@@H]2C[C@H](c3ccc(CO)cc3)O[C@H](c3ccc(NC(=O)[C@@H](Cc4ccccc4)NS(=O)(=O)c4ccc(C)cc4)cc3)O2)cc1. The minimum atomic E-state index is -3.99. The average molecular weight is 766 g/mol. The predicted octanol–water partition coefficient (Wildman–Crippen LogP) is 7.31. The number of thioether (sulfide) groups is 1. The summed E-state index contributed by atoms with van der Waals surface area (Å²) in [6.07, 6.45) is -0.388. The number of hydrogen-bond donors (Lipinski definition) is 4. The molecule has 0 aromatic heterocycles. The molecule has 0 saturated carbocycles. The largest absolute Gasteiger partial charge is 0.392 e. The number of amides is 2. The van der Waals surface area contributed by atoms with Gasteiger partial charge in [0.1, 0.15) is 6.04 Å². The van der Waals surface area contributed by atoms with Gasteiger partial charge in [-0.15, -0.1) is 11.8 Å². The molecule has 4 atom stereocenters. The minimum absolute atomic E-state index is 0.0496. The van der Waals surface area contributed by atoms with Crippen LogP contribution in [0.1, 0.15) is 53.6 Å². The molecule has 1 fully saturated rings. The van der Waals surface area contributed by atoms with Crippen molar-refractivity contribution in [2.75, 3.05) is 16.4 Å². The lowest BCUT2D eigenvalue weighted by atomic mass is 10.0. The van der Waals surface area contributed by atoms with Crippen LogP contribution in [-0.4, -0.2) is 43.2 Å². The zero-order valence-electron chi connectivity index (χ0n) is 30.0. The van der Waals surface area contributed by atoms with Crippen molar-refractivity contribution >= 4 is 45.0 Å². The lowest BCUT2D eigenvalue weighted by molar-refractivity contribution is -0.245. The van der Waals surface area contributed by atoms with E-state index in [1.807, 2.05) is 97.9 Å². The zero-order valence-corrected chi connectivity index (χ0v) is 31.6. The molecule has 10 nitrogen and oxygen atoms in total. The van der Waals surface area contributed by atoms with E-state index in [-0.39, 0.29) is 36.0 Å². The van der Waals surface area contributed by atoms with Gasteiger partial charge in [-0.3, -0.25) is 9.59 Å². The highest BCUT2D eigenvalue weighted by Gasteiger charge is 2.32. The monoisotopic (exact) mass is 765 g/mol. The highest BCUT2D eigenvalue weighted by atomic mass is 32.2. The van der Waals surface area contributed by atoms with E-state index in [9.17, 15) is 23.1 Å². The summed E-state index contributed by atoms with van der Waals surface area (Å²) < 4.78 is 42.3. The van der Waals surface area contributed by atoms with Gasteiger partial charge >= 0.3 is 0 Å². The van der Waals surface area contributed by atoms with Crippen molar-refractivity contribution in [3.05, 3.63) is 155 Å². The van der Waals surface area contributed by atoms with E-state index in [2.05, 4.69) is 15.4 Å². The van der Waals surface area contributed by atoms with Gasteiger partial charge in [-0.2, -0.15) is 4.72 Å². The van der Waals surface area contributed by atoms with Crippen LogP contribution in [0.15, 0.2) is 137 Å². The molecule has 0 aliphatic carbocycles. The standard InChI is InChI=1S/C42H43N3O7S2/c1-28-8-22-38(23-9-28)54(49,50)45-39(24-30-6-4-3-5-7-30)41(48)44-35-16-14-33(15-17-35)42-51-36(25-40(52-42)32-12-10-31(26-46)11-13-32)27-53-37-20-18-34(19-21-37)43-29(2)47/h3-23,36,39-40,42,45-46H,24-27H2,1-2H3,(H,43,47)(H,44,48)/t36-,39+,40+,42+/m0/s1. The first-order valence-corrected chi connectivity index (χ1v) is 20.1. The first-order chi connectivity index (χ1) is 26.0. The van der Waals surface area contributed by atoms with Crippen molar-refractivity contribution < 1.29 is 32.6 Å². The molecule has 1 aliphatic rings. The van der Waals surface area contributed by atoms with Crippen LogP contribution in [0.5, 0.6) is 0 Å². The maximum absolute atomic E-state index is 13.7. The quantitative estimate of drug-likeness (QED) is 0.0863. The molecule has 1 aliphatic heterocycles. The zero-order chi connectivity index (χ0) is 38.1. The second kappa shape index (κ2) is 18.0. The van der Waals surface area contributed by atoms with E-state index in [1.165, 1.54) is 19.1 Å². The number of aryl methyl sites for hydroxylation is 1. The summed E-state index contributed by atoms with van der Waals surface area (Å²) in [5.74, 6) is 0.0279. The fourth-order valence-corrected chi connectivity index (χ4v) is 8.13. The summed E-state index contributed by atoms with van der Waals surface area (Å²) in [4.78, 5) is 26.2. The second-order valence-corrected chi connectivity index (χ2v) is 16.0. The molecule has 5 aromatic carbocycles. The number of rotatable bonds is 14. The Hall–Kier alpha value is -4.82. The highest BCUT2D eigenvalue weighted by molar-refractivity contribution is 7.99. The lowest BCUT2D eigenvalue weighted by Gasteiger charge is -2.36. The van der Waals surface area contributed by atoms with E-state index in [1.54, 1.807) is 36.0 Å². The van der Waals surface area contributed by atoms with Gasteiger partial charge in [-0.1, -0.05) is 84.4 Å². The molecule has 280 valence electrons. The molecule has 6 rings (SSSR count). The molecule has 12 heteroatoms. The number of sulfonamides is 1. The molecule has 0 bridgehead atoms. The van der Waals surface area contributed by atoms with Crippen molar-refractivity contribution in [2.45, 2.75) is 67.6 Å². The summed E-state index contributed by atoms with van der Waals surface area (Å²) in [7, 11) is -3.99. The fourth-order valence-electron chi connectivity index (χ4n) is 6.01. The number of ether oxygens (including phenoxy) is 2. The van der Waals surface area contributed by atoms with Gasteiger partial charge in [0.25, 0.3) is 0 Å². The normalized spacial score (nSPS) is 17.7. The summed E-state index contributed by atoms with van der Waals surface area (Å²) >= 11 is 1.65. The Morgan fingerprint density at radius 3 is 2.06 bits per heavy atom. The molecule has 0 spiro atoms. The number of benzene rings is 5. The van der Waals surface area contributed by atoms with Crippen molar-refractivity contribution in [2.24, 2.45) is 0 Å². The summed E-state index contributed by atoms with van der Waals surface area (Å²) in [6.45, 7) is 3.30. The molecule has 0 radical (unpaired) electrons. The number of aliphatic hydroxyl groups is 1. The number of aliphatic hydroxyl groups excluding tert-OH is 1. The molecule has 54 heavy (non-hydrogen) atoms. The van der Waals surface area contributed by atoms with E-state index in [4.69, 9.17) is 9.47 Å². The molecule has 1 heterocycles. The van der Waals surface area contributed by atoms with E-state index in [0.717, 1.165) is 38.4 Å². The Bertz CT molecular complexity index is 2110. The average Bonchev–Trinajstić information content (AvgIpc) is 3.18. The molecular formula is C42H43N3O7S2. The number of carbonyl (C=O) groups is 2.